The maximum atomic E-state index is 14.7. The summed E-state index contributed by atoms with van der Waals surface area (Å²) >= 11 is 0. The van der Waals surface area contributed by atoms with Gasteiger partial charge in [0.1, 0.15) is 11.5 Å². The lowest BCUT2D eigenvalue weighted by atomic mass is 10.1. The summed E-state index contributed by atoms with van der Waals surface area (Å²) in [4.78, 5) is 1.86. The molecule has 226 valence electrons. The number of hydrogen-bond acceptors (Lipinski definition) is 4. The van der Waals surface area contributed by atoms with E-state index in [1.54, 1.807) is 42.5 Å². The van der Waals surface area contributed by atoms with Crippen molar-refractivity contribution in [2.24, 2.45) is 0 Å². The van der Waals surface area contributed by atoms with Crippen LogP contribution in [-0.4, -0.2) is 7.32 Å². The van der Waals surface area contributed by atoms with Crippen LogP contribution in [0, 0.1) is 36.0 Å². The third-order valence-corrected chi connectivity index (χ3v) is 6.72. The Morgan fingerprint density at radius 1 is 0.600 bits per heavy atom. The van der Waals surface area contributed by atoms with Gasteiger partial charge in [-0.25, -0.2) is 13.2 Å². The molecule has 0 unspecified atom stereocenters. The highest BCUT2D eigenvalue weighted by atomic mass is 19.2. The van der Waals surface area contributed by atoms with Crippen molar-refractivity contribution >= 4 is 36.5 Å². The zero-order chi connectivity index (χ0) is 32.1. The summed E-state index contributed by atoms with van der Waals surface area (Å²) in [6.45, 7) is 9.48. The molecule has 5 aromatic rings. The van der Waals surface area contributed by atoms with Gasteiger partial charge in [0.05, 0.1) is 5.69 Å². The zero-order valence-corrected chi connectivity index (χ0v) is 23.9. The highest BCUT2D eigenvalue weighted by molar-refractivity contribution is 6.39. The maximum absolute atomic E-state index is 14.7. The number of rotatable bonds is 11. The van der Waals surface area contributed by atoms with Gasteiger partial charge in [0.25, 0.3) is 0 Å². The largest absolute Gasteiger partial charge is 0.864 e. The SMILES string of the molecule is C=Cc1ccc(OB(Oc2ccc(C=C)cc2N(c2ccccc2)c2ccc(C)cc2)Oc2c(F)c(F)c(F)c(F)c2F)cc1. The summed E-state index contributed by atoms with van der Waals surface area (Å²) < 4.78 is 88.6. The van der Waals surface area contributed by atoms with Gasteiger partial charge < -0.3 is 18.9 Å². The van der Waals surface area contributed by atoms with Gasteiger partial charge >= 0.3 is 7.32 Å². The Kier molecular flexibility index (Phi) is 9.23. The Morgan fingerprint density at radius 2 is 1.16 bits per heavy atom. The summed E-state index contributed by atoms with van der Waals surface area (Å²) in [5, 5.41) is 0. The average molecular weight is 613 g/mol. The van der Waals surface area contributed by atoms with Crippen LogP contribution in [0.2, 0.25) is 0 Å². The molecule has 0 bridgehead atoms. The average Bonchev–Trinajstić information content (AvgIpc) is 3.07. The van der Waals surface area contributed by atoms with Gasteiger partial charge in [-0.05, 0) is 66.6 Å². The summed E-state index contributed by atoms with van der Waals surface area (Å²) in [6, 6.07) is 28.2. The van der Waals surface area contributed by atoms with Gasteiger partial charge in [-0.1, -0.05) is 79.4 Å². The van der Waals surface area contributed by atoms with Crippen LogP contribution in [0.1, 0.15) is 16.7 Å². The predicted octanol–water partition coefficient (Wildman–Crippen LogP) is 9.97. The Balaban J connectivity index is 1.64. The zero-order valence-electron chi connectivity index (χ0n) is 23.9. The molecule has 0 aliphatic rings. The summed E-state index contributed by atoms with van der Waals surface area (Å²) in [5.74, 6) is -12.4. The second-order valence-electron chi connectivity index (χ2n) is 9.75. The van der Waals surface area contributed by atoms with Crippen molar-refractivity contribution in [3.05, 3.63) is 156 Å². The minimum absolute atomic E-state index is 0.0848. The van der Waals surface area contributed by atoms with Gasteiger partial charge in [-0.15, -0.1) is 0 Å². The van der Waals surface area contributed by atoms with Crippen LogP contribution in [0.3, 0.4) is 0 Å². The van der Waals surface area contributed by atoms with Crippen molar-refractivity contribution in [2.75, 3.05) is 4.90 Å². The van der Waals surface area contributed by atoms with Crippen LogP contribution in [-0.2, 0) is 0 Å². The molecule has 45 heavy (non-hydrogen) atoms. The van der Waals surface area contributed by atoms with E-state index in [0.717, 1.165) is 22.5 Å². The Morgan fingerprint density at radius 3 is 1.76 bits per heavy atom. The molecule has 4 nitrogen and oxygen atoms in total. The highest BCUT2D eigenvalue weighted by Crippen LogP contribution is 2.41. The van der Waals surface area contributed by atoms with Crippen LogP contribution >= 0.6 is 0 Å². The van der Waals surface area contributed by atoms with Crippen molar-refractivity contribution in [2.45, 2.75) is 6.92 Å². The fourth-order valence-corrected chi connectivity index (χ4v) is 4.39. The second kappa shape index (κ2) is 13.4. The monoisotopic (exact) mass is 613 g/mol. The van der Waals surface area contributed by atoms with Gasteiger partial charge in [0, 0.05) is 11.4 Å². The molecule has 0 spiro atoms. The lowest BCUT2D eigenvalue weighted by Gasteiger charge is -2.28. The first kappa shape index (κ1) is 30.9. The van der Waals surface area contributed by atoms with Crippen LogP contribution in [0.4, 0.5) is 39.0 Å². The Bertz CT molecular complexity index is 1810. The molecule has 0 saturated carbocycles. The standard InChI is InChI=1S/C35H25BF5NO3/c1-4-23-13-18-27(19-14-23)43-36(45-35-33(40)31(38)30(37)32(39)34(35)41)44-29-20-15-24(5-2)21-28(29)42(25-9-7-6-8-10-25)26-16-11-22(3)12-17-26/h4-21H,1-2H2,3H3. The van der Waals surface area contributed by atoms with E-state index < -0.39 is 42.2 Å². The van der Waals surface area contributed by atoms with Crippen LogP contribution < -0.4 is 18.9 Å². The van der Waals surface area contributed by atoms with E-state index in [1.807, 2.05) is 66.4 Å². The molecule has 0 N–H and O–H groups in total. The summed E-state index contributed by atoms with van der Waals surface area (Å²) in [5.41, 5.74) is 4.35. The number of halogens is 5. The smallest absolute Gasteiger partial charge is 0.490 e. The molecule has 0 atom stereocenters. The molecule has 0 heterocycles. The van der Waals surface area contributed by atoms with Crippen molar-refractivity contribution in [1.82, 2.24) is 0 Å². The first-order chi connectivity index (χ1) is 21.7. The minimum atomic E-state index is -2.32. The molecule has 10 heteroatoms. The van der Waals surface area contributed by atoms with E-state index >= 15 is 0 Å². The fraction of sp³-hybridized carbons (Fsp3) is 0.0286. The molecule has 5 rings (SSSR count). The van der Waals surface area contributed by atoms with E-state index in [9.17, 15) is 22.0 Å². The first-order valence-electron chi connectivity index (χ1n) is 13.6. The van der Waals surface area contributed by atoms with E-state index in [2.05, 4.69) is 13.2 Å². The number of hydrogen-bond donors (Lipinski definition) is 0. The lowest BCUT2D eigenvalue weighted by Crippen LogP contribution is -2.38. The number of para-hydroxylation sites is 1. The molecule has 0 aliphatic carbocycles. The normalized spacial score (nSPS) is 10.6. The topological polar surface area (TPSA) is 30.9 Å². The fourth-order valence-electron chi connectivity index (χ4n) is 4.39. The van der Waals surface area contributed by atoms with Crippen LogP contribution in [0.5, 0.6) is 17.2 Å². The van der Waals surface area contributed by atoms with Gasteiger partial charge in [0.15, 0.2) is 5.75 Å². The predicted molar refractivity (Wildman–Crippen MR) is 166 cm³/mol. The molecule has 5 aromatic carbocycles. The molecular weight excluding hydrogens is 588 g/mol. The Hall–Kier alpha value is -5.51. The third-order valence-electron chi connectivity index (χ3n) is 6.72. The van der Waals surface area contributed by atoms with Crippen LogP contribution in [0.25, 0.3) is 12.2 Å². The minimum Gasteiger partial charge on any atom is -0.490 e. The number of aryl methyl sites for hydroxylation is 1. The molecule has 0 amide bonds. The maximum Gasteiger partial charge on any atom is 0.864 e. The third kappa shape index (κ3) is 6.70. The van der Waals surface area contributed by atoms with Gasteiger partial charge in [-0.2, -0.15) is 8.78 Å². The van der Waals surface area contributed by atoms with Gasteiger partial charge in [0.2, 0.25) is 29.1 Å². The van der Waals surface area contributed by atoms with Crippen molar-refractivity contribution in [3.63, 3.8) is 0 Å². The molecule has 0 radical (unpaired) electrons. The first-order valence-corrected chi connectivity index (χ1v) is 13.6. The molecule has 0 saturated heterocycles. The van der Waals surface area contributed by atoms with Crippen molar-refractivity contribution in [1.29, 1.82) is 0 Å². The molecule has 0 aromatic heterocycles. The molecule has 0 aliphatic heterocycles. The summed E-state index contributed by atoms with van der Waals surface area (Å²) in [6.07, 6.45) is 3.20. The van der Waals surface area contributed by atoms with Gasteiger partial charge in [-0.3, -0.25) is 0 Å². The Labute approximate surface area is 257 Å². The van der Waals surface area contributed by atoms with E-state index in [1.165, 1.54) is 12.1 Å². The second-order valence-corrected chi connectivity index (χ2v) is 9.75. The number of anilines is 3. The molecular formula is C35H25BF5NO3. The van der Waals surface area contributed by atoms with Crippen molar-refractivity contribution in [3.8, 4) is 17.2 Å². The van der Waals surface area contributed by atoms with E-state index in [4.69, 9.17) is 14.0 Å². The van der Waals surface area contributed by atoms with E-state index in [0.29, 0.717) is 11.3 Å². The highest BCUT2D eigenvalue weighted by Gasteiger charge is 2.37. The lowest BCUT2D eigenvalue weighted by molar-refractivity contribution is 0.278. The number of nitrogens with zero attached hydrogens (tertiary/aromatic N) is 1. The van der Waals surface area contributed by atoms with E-state index in [-0.39, 0.29) is 11.5 Å². The summed E-state index contributed by atoms with van der Waals surface area (Å²) in [7, 11) is -2.03. The quantitative estimate of drug-likeness (QED) is 0.0642. The number of benzene rings is 5. The molecule has 0 fully saturated rings. The van der Waals surface area contributed by atoms with Crippen LogP contribution in [0.15, 0.2) is 110 Å². The van der Waals surface area contributed by atoms with Crippen molar-refractivity contribution < 1.29 is 35.9 Å².